The molecule has 0 aromatic heterocycles. The number of ether oxygens (including phenoxy) is 2. The van der Waals surface area contributed by atoms with Crippen molar-refractivity contribution in [3.63, 3.8) is 0 Å². The van der Waals surface area contributed by atoms with E-state index in [1.165, 1.54) is 38.1 Å². The first kappa shape index (κ1) is 24.5. The predicted octanol–water partition coefficient (Wildman–Crippen LogP) is 1.61. The van der Waals surface area contributed by atoms with Crippen molar-refractivity contribution >= 4 is 23.8 Å². The van der Waals surface area contributed by atoms with Crippen LogP contribution in [0.15, 0.2) is 48.5 Å². The second-order valence-electron chi connectivity index (χ2n) is 7.66. The Morgan fingerprint density at radius 3 is 2.29 bits per heavy atom. The Hall–Kier alpha value is -4.15. The summed E-state index contributed by atoms with van der Waals surface area (Å²) in [5, 5.41) is 2.51. The van der Waals surface area contributed by atoms with Gasteiger partial charge in [0.2, 0.25) is 0 Å². The number of amides is 5. The Bertz CT molecular complexity index is 1080. The first-order chi connectivity index (χ1) is 16.1. The molecule has 1 aliphatic heterocycles. The molecule has 5 amide bonds. The minimum atomic E-state index is -1.45. The van der Waals surface area contributed by atoms with Gasteiger partial charge in [0.1, 0.15) is 29.4 Å². The van der Waals surface area contributed by atoms with E-state index < -0.39 is 47.8 Å². The molecular formula is C23H25FN4O6. The van der Waals surface area contributed by atoms with E-state index in [1.807, 2.05) is 6.92 Å². The number of nitrogens with one attached hydrogen (secondary N) is 3. The normalized spacial score (nSPS) is 18.2. The maximum atomic E-state index is 13.2. The first-order valence-electron chi connectivity index (χ1n) is 10.5. The van der Waals surface area contributed by atoms with Crippen LogP contribution in [0.3, 0.4) is 0 Å². The summed E-state index contributed by atoms with van der Waals surface area (Å²) in [5.41, 5.74) is 3.27. The number of benzene rings is 2. The average Bonchev–Trinajstić information content (AvgIpc) is 3.03. The zero-order valence-electron chi connectivity index (χ0n) is 18.9. The Balaban J connectivity index is 1.52. The van der Waals surface area contributed by atoms with Crippen LogP contribution in [0.25, 0.3) is 0 Å². The SMILES string of the molecule is CCOc1ccc(OC(C)C(=O)NNC(=O)CN2C(=O)NC(C)(c3ccc(F)cc3)C2=O)cc1. The van der Waals surface area contributed by atoms with Gasteiger partial charge in [-0.2, -0.15) is 0 Å². The lowest BCUT2D eigenvalue weighted by Gasteiger charge is -2.22. The molecule has 2 aromatic rings. The standard InChI is InChI=1S/C23H25FN4O6/c1-4-33-17-9-11-18(12-10-17)34-14(2)20(30)27-26-19(29)13-28-21(31)23(3,25-22(28)32)15-5-7-16(24)8-6-15/h5-12,14H,4,13H2,1-3H3,(H,25,32)(H,26,29)(H,27,30). The molecule has 180 valence electrons. The molecular weight excluding hydrogens is 447 g/mol. The highest BCUT2D eigenvalue weighted by Gasteiger charge is 2.49. The summed E-state index contributed by atoms with van der Waals surface area (Å²) in [4.78, 5) is 50.4. The van der Waals surface area contributed by atoms with Crippen LogP contribution in [0.5, 0.6) is 11.5 Å². The largest absolute Gasteiger partial charge is 0.494 e. The number of nitrogens with zero attached hydrogens (tertiary/aromatic N) is 1. The highest BCUT2D eigenvalue weighted by atomic mass is 19.1. The predicted molar refractivity (Wildman–Crippen MR) is 118 cm³/mol. The summed E-state index contributed by atoms with van der Waals surface area (Å²) in [5.74, 6) is -1.52. The van der Waals surface area contributed by atoms with Gasteiger partial charge < -0.3 is 14.8 Å². The van der Waals surface area contributed by atoms with Crippen LogP contribution in [-0.4, -0.2) is 47.9 Å². The second kappa shape index (κ2) is 10.2. The van der Waals surface area contributed by atoms with E-state index in [1.54, 1.807) is 24.3 Å². The smallest absolute Gasteiger partial charge is 0.325 e. The Labute approximate surface area is 195 Å². The second-order valence-corrected chi connectivity index (χ2v) is 7.66. The topological polar surface area (TPSA) is 126 Å². The van der Waals surface area contributed by atoms with Crippen molar-refractivity contribution < 1.29 is 33.0 Å². The molecule has 0 saturated carbocycles. The van der Waals surface area contributed by atoms with E-state index in [0.717, 1.165) is 0 Å². The molecule has 3 N–H and O–H groups in total. The van der Waals surface area contributed by atoms with Crippen molar-refractivity contribution in [3.05, 3.63) is 59.9 Å². The van der Waals surface area contributed by atoms with Crippen molar-refractivity contribution in [2.75, 3.05) is 13.2 Å². The number of urea groups is 1. The first-order valence-corrected chi connectivity index (χ1v) is 10.5. The van der Waals surface area contributed by atoms with E-state index >= 15 is 0 Å². The van der Waals surface area contributed by atoms with Crippen molar-refractivity contribution in [2.45, 2.75) is 32.4 Å². The van der Waals surface area contributed by atoms with E-state index in [0.29, 0.717) is 28.6 Å². The molecule has 0 aliphatic carbocycles. The molecule has 2 unspecified atom stereocenters. The van der Waals surface area contributed by atoms with Gasteiger partial charge in [0.05, 0.1) is 6.61 Å². The van der Waals surface area contributed by atoms with Crippen LogP contribution in [0, 0.1) is 5.82 Å². The average molecular weight is 472 g/mol. The number of imide groups is 1. The summed E-state index contributed by atoms with van der Waals surface area (Å²) in [6.07, 6.45) is -0.947. The lowest BCUT2D eigenvalue weighted by molar-refractivity contribution is -0.136. The van der Waals surface area contributed by atoms with E-state index in [-0.39, 0.29) is 0 Å². The molecule has 3 rings (SSSR count). The Morgan fingerprint density at radius 2 is 1.68 bits per heavy atom. The molecule has 11 heteroatoms. The molecule has 1 aliphatic rings. The summed E-state index contributed by atoms with van der Waals surface area (Å²) in [6.45, 7) is 4.70. The lowest BCUT2D eigenvalue weighted by atomic mass is 9.92. The van der Waals surface area contributed by atoms with Gasteiger partial charge in [-0.05, 0) is 62.7 Å². The summed E-state index contributed by atoms with van der Waals surface area (Å²) in [7, 11) is 0. The number of hydrogen-bond donors (Lipinski definition) is 3. The number of rotatable bonds is 8. The lowest BCUT2D eigenvalue weighted by Crippen LogP contribution is -2.51. The maximum absolute atomic E-state index is 13.2. The summed E-state index contributed by atoms with van der Waals surface area (Å²) >= 11 is 0. The Morgan fingerprint density at radius 1 is 1.06 bits per heavy atom. The molecule has 1 fully saturated rings. The van der Waals surface area contributed by atoms with Crippen molar-refractivity contribution in [3.8, 4) is 11.5 Å². The highest BCUT2D eigenvalue weighted by Crippen LogP contribution is 2.28. The van der Waals surface area contributed by atoms with Crippen LogP contribution < -0.4 is 25.6 Å². The van der Waals surface area contributed by atoms with Crippen LogP contribution in [0.4, 0.5) is 9.18 Å². The van der Waals surface area contributed by atoms with Crippen molar-refractivity contribution in [1.29, 1.82) is 0 Å². The number of hydrazine groups is 1. The zero-order chi connectivity index (χ0) is 24.9. The molecule has 0 bridgehead atoms. The molecule has 34 heavy (non-hydrogen) atoms. The molecule has 2 atom stereocenters. The van der Waals surface area contributed by atoms with Crippen molar-refractivity contribution in [2.24, 2.45) is 0 Å². The van der Waals surface area contributed by atoms with Gasteiger partial charge in [-0.15, -0.1) is 0 Å². The third-order valence-corrected chi connectivity index (χ3v) is 5.14. The van der Waals surface area contributed by atoms with E-state index in [2.05, 4.69) is 16.2 Å². The van der Waals surface area contributed by atoms with E-state index in [9.17, 15) is 23.6 Å². The fourth-order valence-corrected chi connectivity index (χ4v) is 3.27. The number of halogens is 1. The van der Waals surface area contributed by atoms with Crippen LogP contribution >= 0.6 is 0 Å². The van der Waals surface area contributed by atoms with Crippen LogP contribution in [0.1, 0.15) is 26.3 Å². The van der Waals surface area contributed by atoms with Gasteiger partial charge in [0.25, 0.3) is 17.7 Å². The molecule has 1 saturated heterocycles. The zero-order valence-corrected chi connectivity index (χ0v) is 18.9. The molecule has 1 heterocycles. The van der Waals surface area contributed by atoms with Gasteiger partial charge in [-0.3, -0.25) is 30.1 Å². The quantitative estimate of drug-likeness (QED) is 0.396. The third-order valence-electron chi connectivity index (χ3n) is 5.14. The Kier molecular flexibility index (Phi) is 7.34. The molecule has 10 nitrogen and oxygen atoms in total. The van der Waals surface area contributed by atoms with Gasteiger partial charge in [0, 0.05) is 0 Å². The number of carbonyl (C=O) groups is 4. The monoisotopic (exact) mass is 472 g/mol. The summed E-state index contributed by atoms with van der Waals surface area (Å²) < 4.78 is 24.1. The van der Waals surface area contributed by atoms with Gasteiger partial charge in [-0.1, -0.05) is 12.1 Å². The van der Waals surface area contributed by atoms with Crippen molar-refractivity contribution in [1.82, 2.24) is 21.1 Å². The van der Waals surface area contributed by atoms with E-state index in [4.69, 9.17) is 9.47 Å². The van der Waals surface area contributed by atoms with Gasteiger partial charge in [0.15, 0.2) is 6.10 Å². The van der Waals surface area contributed by atoms with Gasteiger partial charge >= 0.3 is 6.03 Å². The van der Waals surface area contributed by atoms with Crippen LogP contribution in [0.2, 0.25) is 0 Å². The fraction of sp³-hybridized carbons (Fsp3) is 0.304. The molecule has 0 spiro atoms. The third kappa shape index (κ3) is 5.42. The minimum absolute atomic E-state index is 0.365. The van der Waals surface area contributed by atoms with Gasteiger partial charge in [-0.25, -0.2) is 9.18 Å². The molecule has 2 aromatic carbocycles. The highest BCUT2D eigenvalue weighted by molar-refractivity contribution is 6.09. The number of carbonyl (C=O) groups excluding carboxylic acids is 4. The minimum Gasteiger partial charge on any atom is -0.494 e. The number of hydrogen-bond acceptors (Lipinski definition) is 6. The fourth-order valence-electron chi connectivity index (χ4n) is 3.27. The molecule has 0 radical (unpaired) electrons. The summed E-state index contributed by atoms with van der Waals surface area (Å²) in [6, 6.07) is 11.0. The maximum Gasteiger partial charge on any atom is 0.325 e. The van der Waals surface area contributed by atoms with Crippen LogP contribution in [-0.2, 0) is 19.9 Å².